The van der Waals surface area contributed by atoms with Crippen LogP contribution >= 0.6 is 0 Å². The summed E-state index contributed by atoms with van der Waals surface area (Å²) in [5.41, 5.74) is 1.77. The Hall–Kier alpha value is -3.75. The summed E-state index contributed by atoms with van der Waals surface area (Å²) in [6, 6.07) is -0.142. The first-order chi connectivity index (χ1) is 19.7. The number of nitrogens with one attached hydrogen (secondary N) is 2. The molecule has 0 aromatic heterocycles. The summed E-state index contributed by atoms with van der Waals surface area (Å²) >= 11 is 0. The Morgan fingerprint density at radius 1 is 1.12 bits per heavy atom. The maximum absolute atomic E-state index is 16.6. The third-order valence-electron chi connectivity index (χ3n) is 8.60. The molecule has 43 heavy (non-hydrogen) atoms. The number of hydrogen-bond acceptors (Lipinski definition) is 11. The molecule has 2 fully saturated rings. The average molecular weight is 604 g/mol. The molecule has 0 radical (unpaired) electrons. The SMILES string of the molecule is CN(C)c1cc(NC(=O)CNC(C)(C)C)c(O)c2c1C[C@@H]1C(C2=O)C(=O)[C@]2(O)C(=O)C(C(N)=O)C(=O)[C@@H](N(C)C)[C@@H]2[C@H]1F. The van der Waals surface area contributed by atoms with Gasteiger partial charge < -0.3 is 31.5 Å². The molecule has 2 amide bonds. The number of carbonyl (C=O) groups excluding carboxylic acids is 6. The van der Waals surface area contributed by atoms with Crippen molar-refractivity contribution in [1.82, 2.24) is 10.2 Å². The molecule has 0 heterocycles. The first kappa shape index (κ1) is 32.2. The quantitative estimate of drug-likeness (QED) is 0.202. The molecule has 3 aliphatic rings. The van der Waals surface area contributed by atoms with E-state index in [4.69, 9.17) is 5.73 Å². The summed E-state index contributed by atoms with van der Waals surface area (Å²) in [6.07, 6.45) is -2.49. The number of phenolic OH excluding ortho intramolecular Hbond substituents is 1. The van der Waals surface area contributed by atoms with E-state index in [-0.39, 0.29) is 29.8 Å². The van der Waals surface area contributed by atoms with Gasteiger partial charge >= 0.3 is 0 Å². The number of rotatable bonds is 6. The molecule has 0 bridgehead atoms. The summed E-state index contributed by atoms with van der Waals surface area (Å²) in [7, 11) is 6.02. The van der Waals surface area contributed by atoms with Gasteiger partial charge in [-0.1, -0.05) is 0 Å². The van der Waals surface area contributed by atoms with E-state index in [1.54, 1.807) is 19.0 Å². The average Bonchev–Trinajstić information content (AvgIpc) is 2.88. The second kappa shape index (κ2) is 10.8. The van der Waals surface area contributed by atoms with Crippen molar-refractivity contribution in [3.8, 4) is 5.75 Å². The molecule has 7 atom stereocenters. The molecular formula is C29H38FN5O8. The predicted molar refractivity (Wildman–Crippen MR) is 152 cm³/mol. The van der Waals surface area contributed by atoms with Gasteiger partial charge in [0.15, 0.2) is 34.7 Å². The third-order valence-corrected chi connectivity index (χ3v) is 8.60. The number of primary amides is 1. The number of carbonyl (C=O) groups is 6. The number of halogens is 1. The first-order valence-corrected chi connectivity index (χ1v) is 13.8. The topological polar surface area (TPSA) is 199 Å². The first-order valence-electron chi connectivity index (χ1n) is 13.8. The smallest absolute Gasteiger partial charge is 0.238 e. The van der Waals surface area contributed by atoms with Crippen molar-refractivity contribution in [3.63, 3.8) is 0 Å². The van der Waals surface area contributed by atoms with Crippen LogP contribution in [0.1, 0.15) is 36.7 Å². The number of benzene rings is 1. The van der Waals surface area contributed by atoms with Crippen LogP contribution in [-0.2, 0) is 30.4 Å². The number of ketones is 4. The third kappa shape index (κ3) is 5.00. The number of amides is 2. The number of phenols is 1. The minimum atomic E-state index is -3.21. The van der Waals surface area contributed by atoms with Gasteiger partial charge in [0.25, 0.3) is 0 Å². The Kier molecular flexibility index (Phi) is 8.05. The molecule has 4 rings (SSSR count). The Bertz CT molecular complexity index is 1440. The van der Waals surface area contributed by atoms with Crippen LogP contribution in [0, 0.1) is 23.7 Å². The maximum Gasteiger partial charge on any atom is 0.238 e. The Balaban J connectivity index is 1.85. The zero-order valence-electron chi connectivity index (χ0n) is 25.1. The van der Waals surface area contributed by atoms with Crippen molar-refractivity contribution < 1.29 is 43.4 Å². The number of aliphatic hydroxyl groups is 1. The van der Waals surface area contributed by atoms with Crippen LogP contribution in [-0.4, -0.2) is 108 Å². The lowest BCUT2D eigenvalue weighted by Crippen LogP contribution is -2.77. The molecule has 2 saturated carbocycles. The summed E-state index contributed by atoms with van der Waals surface area (Å²) < 4.78 is 16.6. The van der Waals surface area contributed by atoms with Crippen molar-refractivity contribution in [3.05, 3.63) is 17.2 Å². The van der Waals surface area contributed by atoms with Crippen LogP contribution in [0.25, 0.3) is 0 Å². The lowest BCUT2D eigenvalue weighted by Gasteiger charge is -2.54. The van der Waals surface area contributed by atoms with Gasteiger partial charge in [0.2, 0.25) is 11.8 Å². The van der Waals surface area contributed by atoms with E-state index >= 15 is 4.39 Å². The molecule has 2 unspecified atom stereocenters. The number of nitrogens with two attached hydrogens (primary N) is 1. The fourth-order valence-electron chi connectivity index (χ4n) is 6.65. The van der Waals surface area contributed by atoms with E-state index in [0.29, 0.717) is 5.69 Å². The van der Waals surface area contributed by atoms with Gasteiger partial charge in [0.1, 0.15) is 11.9 Å². The molecule has 14 heteroatoms. The van der Waals surface area contributed by atoms with Crippen molar-refractivity contribution in [1.29, 1.82) is 0 Å². The van der Waals surface area contributed by atoms with Gasteiger partial charge in [-0.25, -0.2) is 4.39 Å². The van der Waals surface area contributed by atoms with E-state index in [2.05, 4.69) is 10.6 Å². The zero-order chi connectivity index (χ0) is 32.5. The van der Waals surface area contributed by atoms with Crippen molar-refractivity contribution >= 4 is 46.3 Å². The van der Waals surface area contributed by atoms with Crippen LogP contribution in [0.5, 0.6) is 5.75 Å². The van der Waals surface area contributed by atoms with Gasteiger partial charge in [-0.15, -0.1) is 0 Å². The van der Waals surface area contributed by atoms with Crippen molar-refractivity contribution in [2.24, 2.45) is 29.4 Å². The number of hydrogen-bond donors (Lipinski definition) is 5. The Morgan fingerprint density at radius 3 is 2.23 bits per heavy atom. The van der Waals surface area contributed by atoms with E-state index in [1.165, 1.54) is 25.1 Å². The number of nitrogens with zero attached hydrogens (tertiary/aromatic N) is 2. The lowest BCUT2D eigenvalue weighted by molar-refractivity contribution is -0.189. The van der Waals surface area contributed by atoms with Gasteiger partial charge in [-0.3, -0.25) is 33.7 Å². The number of anilines is 2. The molecule has 1 aromatic carbocycles. The van der Waals surface area contributed by atoms with E-state index in [0.717, 1.165) is 0 Å². The molecule has 0 spiro atoms. The van der Waals surface area contributed by atoms with E-state index in [1.807, 2.05) is 20.8 Å². The molecule has 6 N–H and O–H groups in total. The molecule has 3 aliphatic carbocycles. The van der Waals surface area contributed by atoms with Crippen LogP contribution in [0.3, 0.4) is 0 Å². The largest absolute Gasteiger partial charge is 0.505 e. The van der Waals surface area contributed by atoms with E-state index in [9.17, 15) is 39.0 Å². The number of aromatic hydroxyl groups is 1. The molecule has 0 aliphatic heterocycles. The van der Waals surface area contributed by atoms with Crippen molar-refractivity contribution in [2.75, 3.05) is 45.0 Å². The maximum atomic E-state index is 16.6. The van der Waals surface area contributed by atoms with Crippen LogP contribution in [0.15, 0.2) is 6.07 Å². The zero-order valence-corrected chi connectivity index (χ0v) is 25.1. The standard InChI is InChI=1S/C29H38FN5O8/c1-28(2,3)32-10-15(36)33-13-9-14(34(4)5)11-8-12-17(23(38)16(11)22(13)37)25(40)29(43)19(20(12)30)21(35(6)7)24(39)18(26(29)41)27(31)42/h9,12,17-21,32,37,43H,8,10H2,1-7H3,(H2,31,42)(H,33,36)/t12-,17?,18?,19+,20+,21+,29+/m1/s1. The van der Waals surface area contributed by atoms with Crippen LogP contribution in [0.2, 0.25) is 0 Å². The lowest BCUT2D eigenvalue weighted by atomic mass is 9.51. The van der Waals surface area contributed by atoms with Gasteiger partial charge in [0.05, 0.1) is 35.7 Å². The number of alkyl halides is 1. The summed E-state index contributed by atoms with van der Waals surface area (Å²) in [5, 5.41) is 28.4. The highest BCUT2D eigenvalue weighted by Crippen LogP contribution is 2.53. The highest BCUT2D eigenvalue weighted by molar-refractivity contribution is 6.32. The molecule has 13 nitrogen and oxygen atoms in total. The van der Waals surface area contributed by atoms with Crippen LogP contribution < -0.4 is 21.3 Å². The van der Waals surface area contributed by atoms with Gasteiger partial charge in [0, 0.05) is 31.2 Å². The molecule has 1 aromatic rings. The van der Waals surface area contributed by atoms with Gasteiger partial charge in [-0.05, 0) is 52.9 Å². The van der Waals surface area contributed by atoms with Crippen LogP contribution in [0.4, 0.5) is 15.8 Å². The molecular weight excluding hydrogens is 565 g/mol. The molecule has 0 saturated heterocycles. The monoisotopic (exact) mass is 603 g/mol. The van der Waals surface area contributed by atoms with E-state index < -0.39 is 87.7 Å². The highest BCUT2D eigenvalue weighted by Gasteiger charge is 2.72. The molecule has 234 valence electrons. The summed E-state index contributed by atoms with van der Waals surface area (Å²) in [5.74, 6) is -15.1. The number of likely N-dealkylation sites (N-methyl/N-ethyl adjacent to an activating group) is 1. The second-order valence-electron chi connectivity index (χ2n) is 13.0. The fraction of sp³-hybridized carbons (Fsp3) is 0.586. The number of fused-ring (bicyclic) bond motifs is 3. The Morgan fingerprint density at radius 2 is 1.72 bits per heavy atom. The Labute approximate surface area is 247 Å². The fourth-order valence-corrected chi connectivity index (χ4v) is 6.65. The van der Waals surface area contributed by atoms with Crippen molar-refractivity contribution in [2.45, 2.75) is 50.5 Å². The summed E-state index contributed by atoms with van der Waals surface area (Å²) in [6.45, 7) is 5.44. The number of Topliss-reactive ketones (excluding diaryl/α,β-unsaturated/α-hetero) is 4. The minimum absolute atomic E-state index is 0.124. The van der Waals surface area contributed by atoms with Gasteiger partial charge in [-0.2, -0.15) is 0 Å². The minimum Gasteiger partial charge on any atom is -0.505 e. The highest BCUT2D eigenvalue weighted by atomic mass is 19.1. The predicted octanol–water partition coefficient (Wildman–Crippen LogP) is -0.792. The summed E-state index contributed by atoms with van der Waals surface area (Å²) in [4.78, 5) is 82.3. The second-order valence-corrected chi connectivity index (χ2v) is 13.0. The normalized spacial score (nSPS) is 30.5.